The normalized spacial score (nSPS) is 14.9. The first-order chi connectivity index (χ1) is 7.46. The lowest BCUT2D eigenvalue weighted by Gasteiger charge is -2.25. The number of hydrogen-bond acceptors (Lipinski definition) is 4. The largest absolute Gasteiger partial charge is 0.468 e. The van der Waals surface area contributed by atoms with Crippen LogP contribution in [0.3, 0.4) is 0 Å². The summed E-state index contributed by atoms with van der Waals surface area (Å²) in [5.41, 5.74) is -0.743. The smallest absolute Gasteiger partial charge is 0.328 e. The van der Waals surface area contributed by atoms with Gasteiger partial charge in [-0.3, -0.25) is 0 Å². The van der Waals surface area contributed by atoms with Crippen LogP contribution in [0.5, 0.6) is 0 Å². The number of esters is 1. The van der Waals surface area contributed by atoms with E-state index in [1.165, 1.54) is 7.11 Å². The number of carbonyl (C=O) groups excluding carboxylic acids is 1. The minimum atomic E-state index is -0.743. The van der Waals surface area contributed by atoms with Crippen LogP contribution in [0.15, 0.2) is 0 Å². The Morgan fingerprint density at radius 3 is 2.50 bits per heavy atom. The Labute approximate surface area is 98.7 Å². The summed E-state index contributed by atoms with van der Waals surface area (Å²) in [6.07, 6.45) is 2.17. The van der Waals surface area contributed by atoms with E-state index in [0.717, 1.165) is 12.8 Å². The van der Waals surface area contributed by atoms with Crippen LogP contribution in [0.25, 0.3) is 0 Å². The van der Waals surface area contributed by atoms with Crippen molar-refractivity contribution in [3.63, 3.8) is 0 Å². The van der Waals surface area contributed by atoms with Crippen LogP contribution < -0.4 is 5.32 Å². The summed E-state index contributed by atoms with van der Waals surface area (Å²) in [6.45, 7) is 7.18. The van der Waals surface area contributed by atoms with Crippen LogP contribution in [-0.2, 0) is 14.3 Å². The molecule has 0 spiro atoms. The van der Waals surface area contributed by atoms with E-state index in [9.17, 15) is 4.79 Å². The highest BCUT2D eigenvalue weighted by atomic mass is 16.5. The lowest BCUT2D eigenvalue weighted by molar-refractivity contribution is -0.150. The van der Waals surface area contributed by atoms with Crippen molar-refractivity contribution in [1.29, 1.82) is 0 Å². The maximum absolute atomic E-state index is 11.5. The first-order valence-corrected chi connectivity index (χ1v) is 5.81. The molecule has 0 radical (unpaired) electrons. The molecular weight excluding hydrogens is 206 g/mol. The van der Waals surface area contributed by atoms with E-state index in [1.54, 1.807) is 14.0 Å². The van der Waals surface area contributed by atoms with Crippen molar-refractivity contribution < 1.29 is 14.3 Å². The van der Waals surface area contributed by atoms with Crippen LogP contribution in [-0.4, -0.2) is 38.9 Å². The van der Waals surface area contributed by atoms with Crippen LogP contribution in [0, 0.1) is 5.92 Å². The zero-order valence-corrected chi connectivity index (χ0v) is 11.1. The Balaban J connectivity index is 3.83. The van der Waals surface area contributed by atoms with Gasteiger partial charge >= 0.3 is 5.97 Å². The van der Waals surface area contributed by atoms with Crippen molar-refractivity contribution >= 4 is 5.97 Å². The highest BCUT2D eigenvalue weighted by molar-refractivity contribution is 5.80. The van der Waals surface area contributed by atoms with E-state index in [2.05, 4.69) is 19.2 Å². The molecule has 0 saturated carbocycles. The zero-order valence-electron chi connectivity index (χ0n) is 11.1. The van der Waals surface area contributed by atoms with Crippen molar-refractivity contribution in [3.05, 3.63) is 0 Å². The van der Waals surface area contributed by atoms with Gasteiger partial charge in [0.15, 0.2) is 0 Å². The molecule has 16 heavy (non-hydrogen) atoms. The molecule has 4 nitrogen and oxygen atoms in total. The number of likely N-dealkylation sites (N-methyl/N-ethyl adjacent to an activating group) is 1. The van der Waals surface area contributed by atoms with Crippen molar-refractivity contribution in [2.24, 2.45) is 5.92 Å². The molecule has 0 aliphatic heterocycles. The van der Waals surface area contributed by atoms with Gasteiger partial charge in [-0.2, -0.15) is 0 Å². The molecule has 1 atom stereocenters. The number of carbonyl (C=O) groups is 1. The molecule has 4 heteroatoms. The minimum absolute atomic E-state index is 0.293. The van der Waals surface area contributed by atoms with E-state index in [0.29, 0.717) is 19.1 Å². The second-order valence-electron chi connectivity index (χ2n) is 4.66. The second-order valence-corrected chi connectivity index (χ2v) is 4.66. The van der Waals surface area contributed by atoms with Crippen molar-refractivity contribution in [2.75, 3.05) is 27.4 Å². The number of methoxy groups -OCH3 is 1. The number of rotatable bonds is 8. The standard InChI is InChI=1S/C12H25NO3/c1-10(2)7-6-8-16-9-12(3,13-4)11(14)15-5/h10,13H,6-9H2,1-5H3. The van der Waals surface area contributed by atoms with Crippen molar-refractivity contribution in [1.82, 2.24) is 5.32 Å². The average Bonchev–Trinajstić information content (AvgIpc) is 2.26. The van der Waals surface area contributed by atoms with Gasteiger partial charge in [-0.05, 0) is 32.7 Å². The number of nitrogens with one attached hydrogen (secondary N) is 1. The van der Waals surface area contributed by atoms with Crippen LogP contribution >= 0.6 is 0 Å². The van der Waals surface area contributed by atoms with Gasteiger partial charge in [-0.15, -0.1) is 0 Å². The summed E-state index contributed by atoms with van der Waals surface area (Å²) in [6, 6.07) is 0. The van der Waals surface area contributed by atoms with E-state index in [1.807, 2.05) is 0 Å². The third-order valence-corrected chi connectivity index (χ3v) is 2.65. The summed E-state index contributed by atoms with van der Waals surface area (Å²) >= 11 is 0. The molecule has 96 valence electrons. The monoisotopic (exact) mass is 231 g/mol. The van der Waals surface area contributed by atoms with Crippen molar-refractivity contribution in [2.45, 2.75) is 39.2 Å². The molecule has 0 aromatic carbocycles. The molecule has 0 heterocycles. The number of ether oxygens (including phenoxy) is 2. The Morgan fingerprint density at radius 2 is 2.06 bits per heavy atom. The van der Waals surface area contributed by atoms with E-state index in [-0.39, 0.29) is 5.97 Å². The Morgan fingerprint density at radius 1 is 1.44 bits per heavy atom. The summed E-state index contributed by atoms with van der Waals surface area (Å²) in [4.78, 5) is 11.5. The number of hydrogen-bond donors (Lipinski definition) is 1. The van der Waals surface area contributed by atoms with E-state index >= 15 is 0 Å². The van der Waals surface area contributed by atoms with Gasteiger partial charge in [0, 0.05) is 6.61 Å². The molecule has 0 rings (SSSR count). The first kappa shape index (κ1) is 15.4. The Hall–Kier alpha value is -0.610. The van der Waals surface area contributed by atoms with Gasteiger partial charge in [0.2, 0.25) is 0 Å². The molecule has 0 aliphatic rings. The molecule has 0 aromatic rings. The van der Waals surface area contributed by atoms with Crippen LogP contribution in [0.4, 0.5) is 0 Å². The molecule has 0 saturated heterocycles. The van der Waals surface area contributed by atoms with Gasteiger partial charge in [0.25, 0.3) is 0 Å². The summed E-state index contributed by atoms with van der Waals surface area (Å²) in [5, 5.41) is 2.93. The highest BCUT2D eigenvalue weighted by Crippen LogP contribution is 2.08. The topological polar surface area (TPSA) is 47.6 Å². The summed E-state index contributed by atoms with van der Waals surface area (Å²) in [7, 11) is 3.12. The average molecular weight is 231 g/mol. The van der Waals surface area contributed by atoms with E-state index in [4.69, 9.17) is 9.47 Å². The van der Waals surface area contributed by atoms with Gasteiger partial charge in [-0.25, -0.2) is 4.79 Å². The quantitative estimate of drug-likeness (QED) is 0.509. The van der Waals surface area contributed by atoms with Crippen molar-refractivity contribution in [3.8, 4) is 0 Å². The molecular formula is C12H25NO3. The van der Waals surface area contributed by atoms with Gasteiger partial charge in [0.1, 0.15) is 5.54 Å². The Bertz CT molecular complexity index is 206. The fraction of sp³-hybridized carbons (Fsp3) is 0.917. The van der Waals surface area contributed by atoms with Gasteiger partial charge in [-0.1, -0.05) is 13.8 Å². The molecule has 0 fully saturated rings. The van der Waals surface area contributed by atoms with Crippen LogP contribution in [0.2, 0.25) is 0 Å². The first-order valence-electron chi connectivity index (χ1n) is 5.81. The van der Waals surface area contributed by atoms with Crippen LogP contribution in [0.1, 0.15) is 33.6 Å². The predicted octanol–water partition coefficient (Wildman–Crippen LogP) is 1.59. The zero-order chi connectivity index (χ0) is 12.6. The minimum Gasteiger partial charge on any atom is -0.468 e. The summed E-state index contributed by atoms with van der Waals surface area (Å²) in [5.74, 6) is 0.402. The molecule has 1 unspecified atom stereocenters. The summed E-state index contributed by atoms with van der Waals surface area (Å²) < 4.78 is 10.2. The van der Waals surface area contributed by atoms with Gasteiger partial charge < -0.3 is 14.8 Å². The SMILES string of the molecule is CNC(C)(COCCCC(C)C)C(=O)OC. The highest BCUT2D eigenvalue weighted by Gasteiger charge is 2.32. The molecule has 0 aliphatic carbocycles. The molecule has 0 amide bonds. The third-order valence-electron chi connectivity index (χ3n) is 2.65. The third kappa shape index (κ3) is 5.47. The Kier molecular flexibility index (Phi) is 7.34. The lowest BCUT2D eigenvalue weighted by atomic mass is 10.1. The molecule has 1 N–H and O–H groups in total. The molecule has 0 bridgehead atoms. The molecule has 0 aromatic heterocycles. The second kappa shape index (κ2) is 7.63. The maximum atomic E-state index is 11.5. The fourth-order valence-corrected chi connectivity index (χ4v) is 1.33. The van der Waals surface area contributed by atoms with E-state index < -0.39 is 5.54 Å². The predicted molar refractivity (Wildman–Crippen MR) is 64.4 cm³/mol. The fourth-order valence-electron chi connectivity index (χ4n) is 1.33. The lowest BCUT2D eigenvalue weighted by Crippen LogP contribution is -2.52. The maximum Gasteiger partial charge on any atom is 0.328 e. The van der Waals surface area contributed by atoms with Gasteiger partial charge in [0.05, 0.1) is 13.7 Å².